The predicted octanol–water partition coefficient (Wildman–Crippen LogP) is 3.28. The Bertz CT molecular complexity index is 1510. The number of carbonyl (C=O) groups is 3. The van der Waals surface area contributed by atoms with Gasteiger partial charge in [-0.3, -0.25) is 29.7 Å². The maximum absolute atomic E-state index is 16.1. The first-order valence-corrected chi connectivity index (χ1v) is 13.7. The number of H-pyrrole nitrogens is 1. The molecule has 3 aliphatic heterocycles. The van der Waals surface area contributed by atoms with E-state index in [0.29, 0.717) is 49.5 Å². The number of aromatic nitrogens is 3. The van der Waals surface area contributed by atoms with Crippen LogP contribution in [0.5, 0.6) is 0 Å². The first-order chi connectivity index (χ1) is 19.2. The number of halogens is 2. The molecule has 5 heterocycles. The molecule has 1 aromatic carbocycles. The number of hydrogen-bond donors (Lipinski definition) is 3. The van der Waals surface area contributed by atoms with E-state index < -0.39 is 29.8 Å². The number of likely N-dealkylation sites (tertiary alicyclic amines) is 1. The van der Waals surface area contributed by atoms with Gasteiger partial charge < -0.3 is 10.2 Å². The van der Waals surface area contributed by atoms with Gasteiger partial charge in [0.2, 0.25) is 11.8 Å². The second-order valence-corrected chi connectivity index (χ2v) is 11.1. The van der Waals surface area contributed by atoms with Gasteiger partial charge >= 0.3 is 0 Å². The smallest absolute Gasteiger partial charge is 0.255 e. The Morgan fingerprint density at radius 2 is 1.88 bits per heavy atom. The van der Waals surface area contributed by atoms with Crippen molar-refractivity contribution in [2.75, 3.05) is 18.4 Å². The number of benzene rings is 1. The zero-order valence-electron chi connectivity index (χ0n) is 22.4. The average molecular weight is 552 g/mol. The van der Waals surface area contributed by atoms with Gasteiger partial charge in [0.25, 0.3) is 5.91 Å². The number of anilines is 1. The highest BCUT2D eigenvalue weighted by Crippen LogP contribution is 2.36. The van der Waals surface area contributed by atoms with Gasteiger partial charge in [-0.2, -0.15) is 5.10 Å². The summed E-state index contributed by atoms with van der Waals surface area (Å²) in [7, 11) is 0. The second kappa shape index (κ2) is 10.2. The normalized spacial score (nSPS) is 20.5. The fourth-order valence-corrected chi connectivity index (χ4v) is 5.80. The molecule has 1 unspecified atom stereocenters. The van der Waals surface area contributed by atoms with Crippen molar-refractivity contribution in [2.24, 2.45) is 0 Å². The summed E-state index contributed by atoms with van der Waals surface area (Å²) in [5.41, 5.74) is 3.20. The Morgan fingerprint density at radius 1 is 1.12 bits per heavy atom. The minimum atomic E-state index is -0.828. The van der Waals surface area contributed by atoms with Gasteiger partial charge in [-0.05, 0) is 56.9 Å². The van der Waals surface area contributed by atoms with E-state index in [0.717, 1.165) is 11.1 Å². The minimum Gasteiger partial charge on any atom is -0.365 e. The molecule has 3 aliphatic rings. The molecule has 0 aliphatic carbocycles. The van der Waals surface area contributed by atoms with Crippen LogP contribution in [0.4, 0.5) is 14.6 Å². The molecule has 2 saturated heterocycles. The van der Waals surface area contributed by atoms with Crippen molar-refractivity contribution in [3.05, 3.63) is 40.7 Å². The van der Waals surface area contributed by atoms with E-state index in [2.05, 4.69) is 25.7 Å². The maximum atomic E-state index is 16.1. The lowest BCUT2D eigenvalue weighted by molar-refractivity contribution is -0.136. The van der Waals surface area contributed by atoms with Crippen molar-refractivity contribution in [1.29, 1.82) is 0 Å². The van der Waals surface area contributed by atoms with E-state index in [1.807, 2.05) is 19.9 Å². The Morgan fingerprint density at radius 3 is 2.60 bits per heavy atom. The summed E-state index contributed by atoms with van der Waals surface area (Å²) < 4.78 is 29.9. The molecule has 210 valence electrons. The standard InChI is InChI=1S/C28H31F2N7O3/c1-14(2)31-26-25-24(34-35-26)15(12-36-9-7-16(29)8-10-36)11-20(32-25)18-4-3-17-19(23(18)30)13-37(28(17)40)21-5-6-22(38)33-27(21)39/h3-4,11,14,16,21H,5-10,12-13H2,1-2H3,(H2,31,34,35)(H,33,38,39). The Labute approximate surface area is 229 Å². The van der Waals surface area contributed by atoms with Crippen LogP contribution in [0.15, 0.2) is 18.2 Å². The summed E-state index contributed by atoms with van der Waals surface area (Å²) in [6, 6.07) is 4.20. The van der Waals surface area contributed by atoms with Crippen LogP contribution in [0.25, 0.3) is 22.3 Å². The predicted molar refractivity (Wildman–Crippen MR) is 143 cm³/mol. The lowest BCUT2D eigenvalue weighted by Gasteiger charge is -2.29. The quantitative estimate of drug-likeness (QED) is 0.402. The van der Waals surface area contributed by atoms with Gasteiger partial charge in [-0.1, -0.05) is 0 Å². The third kappa shape index (κ3) is 4.70. The number of carbonyl (C=O) groups excluding carboxylic acids is 3. The van der Waals surface area contributed by atoms with Gasteiger partial charge in [-0.25, -0.2) is 13.8 Å². The minimum absolute atomic E-state index is 0.0702. The summed E-state index contributed by atoms with van der Waals surface area (Å²) in [6.07, 6.45) is 0.480. The molecule has 3 amide bonds. The third-order valence-electron chi connectivity index (χ3n) is 7.87. The van der Waals surface area contributed by atoms with Crippen LogP contribution < -0.4 is 10.6 Å². The molecule has 2 aromatic heterocycles. The summed E-state index contributed by atoms with van der Waals surface area (Å²) >= 11 is 0. The maximum Gasteiger partial charge on any atom is 0.255 e. The summed E-state index contributed by atoms with van der Waals surface area (Å²) in [4.78, 5) is 45.4. The first-order valence-electron chi connectivity index (χ1n) is 13.7. The van der Waals surface area contributed by atoms with E-state index in [9.17, 15) is 18.8 Å². The van der Waals surface area contributed by atoms with Crippen LogP contribution in [-0.2, 0) is 22.7 Å². The molecule has 6 rings (SSSR count). The van der Waals surface area contributed by atoms with Gasteiger partial charge in [0, 0.05) is 48.8 Å². The monoisotopic (exact) mass is 551 g/mol. The zero-order chi connectivity index (χ0) is 28.1. The van der Waals surface area contributed by atoms with Gasteiger partial charge in [0.1, 0.15) is 23.5 Å². The third-order valence-corrected chi connectivity index (χ3v) is 7.87. The fourth-order valence-electron chi connectivity index (χ4n) is 5.80. The lowest BCUT2D eigenvalue weighted by atomic mass is 10.0. The van der Waals surface area contributed by atoms with Crippen molar-refractivity contribution in [3.63, 3.8) is 0 Å². The van der Waals surface area contributed by atoms with Gasteiger partial charge in [0.15, 0.2) is 5.82 Å². The number of aromatic amines is 1. The molecule has 2 fully saturated rings. The van der Waals surface area contributed by atoms with Gasteiger partial charge in [0.05, 0.1) is 17.8 Å². The first kappa shape index (κ1) is 26.3. The largest absolute Gasteiger partial charge is 0.365 e. The Kier molecular flexibility index (Phi) is 6.73. The van der Waals surface area contributed by atoms with E-state index in [4.69, 9.17) is 4.98 Å². The number of amides is 3. The van der Waals surface area contributed by atoms with Crippen LogP contribution in [0.2, 0.25) is 0 Å². The molecule has 0 saturated carbocycles. The number of alkyl halides is 1. The average Bonchev–Trinajstić information content (AvgIpc) is 3.47. The molecule has 0 spiro atoms. The highest BCUT2D eigenvalue weighted by atomic mass is 19.1. The number of rotatable bonds is 6. The molecule has 0 radical (unpaired) electrons. The summed E-state index contributed by atoms with van der Waals surface area (Å²) in [6.45, 7) is 5.67. The number of nitrogens with one attached hydrogen (secondary N) is 3. The van der Waals surface area contributed by atoms with Crippen molar-refractivity contribution in [3.8, 4) is 11.3 Å². The molecule has 0 bridgehead atoms. The van der Waals surface area contributed by atoms with Crippen LogP contribution in [0.1, 0.15) is 61.0 Å². The molecule has 10 nitrogen and oxygen atoms in total. The van der Waals surface area contributed by atoms with Crippen molar-refractivity contribution < 1.29 is 23.2 Å². The van der Waals surface area contributed by atoms with Crippen LogP contribution in [-0.4, -0.2) is 74.0 Å². The zero-order valence-corrected chi connectivity index (χ0v) is 22.4. The lowest BCUT2D eigenvalue weighted by Crippen LogP contribution is -2.52. The van der Waals surface area contributed by atoms with Gasteiger partial charge in [-0.15, -0.1) is 0 Å². The highest BCUT2D eigenvalue weighted by molar-refractivity contribution is 6.05. The molecular formula is C28H31F2N7O3. The van der Waals surface area contributed by atoms with E-state index in [1.54, 1.807) is 12.1 Å². The summed E-state index contributed by atoms with van der Waals surface area (Å²) in [5.74, 6) is -1.38. The SMILES string of the molecule is CC(C)Nc1n[nH]c2c(CN3CCC(F)CC3)cc(-c3ccc4c(c3F)CN(C3CCC(=O)NC3=O)C4=O)nc12. The second-order valence-electron chi connectivity index (χ2n) is 11.1. The number of nitrogens with zero attached hydrogens (tertiary/aromatic N) is 4. The molecule has 3 aromatic rings. The molecule has 12 heteroatoms. The molecule has 1 atom stereocenters. The van der Waals surface area contributed by atoms with Crippen LogP contribution >= 0.6 is 0 Å². The van der Waals surface area contributed by atoms with Crippen molar-refractivity contribution >= 4 is 34.6 Å². The molecule has 40 heavy (non-hydrogen) atoms. The number of fused-ring (bicyclic) bond motifs is 2. The van der Waals surface area contributed by atoms with E-state index >= 15 is 4.39 Å². The van der Waals surface area contributed by atoms with E-state index in [-0.39, 0.29) is 48.0 Å². The number of hydrogen-bond acceptors (Lipinski definition) is 7. The highest BCUT2D eigenvalue weighted by Gasteiger charge is 2.40. The molecular weight excluding hydrogens is 520 g/mol. The van der Waals surface area contributed by atoms with Crippen LogP contribution in [0, 0.1) is 5.82 Å². The number of piperidine rings is 2. The van der Waals surface area contributed by atoms with E-state index in [1.165, 1.54) is 4.90 Å². The number of imide groups is 1. The summed E-state index contributed by atoms with van der Waals surface area (Å²) in [5, 5.41) is 13.0. The topological polar surface area (TPSA) is 123 Å². The fraction of sp³-hybridized carbons (Fsp3) is 0.464. The Hall–Kier alpha value is -3.93. The van der Waals surface area contributed by atoms with Crippen molar-refractivity contribution in [2.45, 2.75) is 70.9 Å². The Balaban J connectivity index is 1.38. The van der Waals surface area contributed by atoms with Crippen LogP contribution in [0.3, 0.4) is 0 Å². The molecule has 3 N–H and O–H groups in total. The number of pyridine rings is 1. The van der Waals surface area contributed by atoms with Crippen molar-refractivity contribution in [1.82, 2.24) is 30.3 Å².